The summed E-state index contributed by atoms with van der Waals surface area (Å²) < 4.78 is 31.9. The Balaban J connectivity index is 1.95. The van der Waals surface area contributed by atoms with Gasteiger partial charge in [0.1, 0.15) is 5.56 Å². The van der Waals surface area contributed by atoms with E-state index in [-0.39, 0.29) is 45.1 Å². The maximum Gasteiger partial charge on any atom is 0.223 e. The van der Waals surface area contributed by atoms with Crippen LogP contribution in [0.4, 0.5) is 0 Å². The van der Waals surface area contributed by atoms with Gasteiger partial charge >= 0.3 is 0 Å². The fourth-order valence-corrected chi connectivity index (χ4v) is 5.17. The number of aromatic nitrogens is 2. The predicted molar refractivity (Wildman–Crippen MR) is 122 cm³/mol. The van der Waals surface area contributed by atoms with Gasteiger partial charge in [-0.1, -0.05) is 48.9 Å². The number of nitrogens with zero attached hydrogens (tertiary/aromatic N) is 2. The number of rotatable bonds is 8. The molecule has 0 aliphatic rings. The van der Waals surface area contributed by atoms with Crippen molar-refractivity contribution in [3.8, 4) is 5.88 Å². The molecule has 168 valence electrons. The average molecular weight is 475 g/mol. The van der Waals surface area contributed by atoms with Crippen LogP contribution in [0.1, 0.15) is 44.3 Å². The van der Waals surface area contributed by atoms with E-state index in [2.05, 4.69) is 5.10 Å². The Morgan fingerprint density at radius 3 is 2.41 bits per heavy atom. The van der Waals surface area contributed by atoms with Crippen LogP contribution in [0, 0.1) is 13.8 Å². The third kappa shape index (κ3) is 4.47. The van der Waals surface area contributed by atoms with E-state index in [1.54, 1.807) is 58.2 Å². The molecule has 2 aromatic carbocycles. The van der Waals surface area contributed by atoms with Crippen molar-refractivity contribution >= 4 is 33.0 Å². The van der Waals surface area contributed by atoms with Crippen molar-refractivity contribution in [1.82, 2.24) is 9.78 Å². The first-order valence-corrected chi connectivity index (χ1v) is 11.9. The highest BCUT2D eigenvalue weighted by molar-refractivity contribution is 7.91. The number of hydrogen-bond acceptors (Lipinski definition) is 6. The van der Waals surface area contributed by atoms with E-state index < -0.39 is 15.6 Å². The Morgan fingerprint density at radius 2 is 1.78 bits per heavy atom. The van der Waals surface area contributed by atoms with Crippen molar-refractivity contribution in [3.05, 3.63) is 75.4 Å². The molecule has 1 heterocycles. The van der Waals surface area contributed by atoms with Crippen molar-refractivity contribution in [2.24, 2.45) is 7.05 Å². The van der Waals surface area contributed by atoms with E-state index in [9.17, 15) is 18.0 Å². The molecule has 32 heavy (non-hydrogen) atoms. The fraction of sp³-hybridized carbons (Fsp3) is 0.261. The molecule has 0 radical (unpaired) electrons. The number of carbonyl (C=O) groups is 2. The van der Waals surface area contributed by atoms with E-state index >= 15 is 0 Å². The van der Waals surface area contributed by atoms with Crippen LogP contribution in [0.25, 0.3) is 0 Å². The molecule has 1 aromatic heterocycles. The molecule has 0 spiro atoms. The zero-order valence-corrected chi connectivity index (χ0v) is 19.7. The number of Topliss-reactive ketones (excluding diaryl/α,β-unsaturated/α-hetero) is 1. The second-order valence-corrected chi connectivity index (χ2v) is 9.90. The Bertz CT molecular complexity index is 1300. The molecule has 0 aliphatic carbocycles. The quantitative estimate of drug-likeness (QED) is 0.458. The van der Waals surface area contributed by atoms with Gasteiger partial charge in [-0.2, -0.15) is 5.10 Å². The van der Waals surface area contributed by atoms with Crippen molar-refractivity contribution in [1.29, 1.82) is 0 Å². The number of halogens is 1. The van der Waals surface area contributed by atoms with Gasteiger partial charge in [-0.15, -0.1) is 0 Å². The molecule has 0 amide bonds. The summed E-state index contributed by atoms with van der Waals surface area (Å²) in [5, 5.41) is 4.14. The molecule has 0 aliphatic heterocycles. The van der Waals surface area contributed by atoms with Crippen LogP contribution in [0.3, 0.4) is 0 Å². The topological polar surface area (TPSA) is 95.3 Å². The van der Waals surface area contributed by atoms with Gasteiger partial charge in [-0.25, -0.2) is 13.1 Å². The zero-order valence-electron chi connectivity index (χ0n) is 18.2. The monoisotopic (exact) mass is 474 g/mol. The van der Waals surface area contributed by atoms with E-state index in [4.69, 9.17) is 16.3 Å². The van der Waals surface area contributed by atoms with Crippen molar-refractivity contribution < 1.29 is 22.7 Å². The molecule has 0 saturated heterocycles. The molecule has 0 bridgehead atoms. The first kappa shape index (κ1) is 23.7. The summed E-state index contributed by atoms with van der Waals surface area (Å²) in [6.45, 7) is 4.48. The number of carbonyl (C=O) groups excluding carboxylic acids is 2. The number of ether oxygens (including phenoxy) is 1. The minimum atomic E-state index is -3.51. The van der Waals surface area contributed by atoms with Crippen molar-refractivity contribution in [2.75, 3.05) is 12.4 Å². The fourth-order valence-electron chi connectivity index (χ4n) is 3.47. The summed E-state index contributed by atoms with van der Waals surface area (Å²) in [5.41, 5.74) is 1.51. The van der Waals surface area contributed by atoms with Gasteiger partial charge in [-0.05, 0) is 31.0 Å². The highest BCUT2D eigenvalue weighted by atomic mass is 35.5. The van der Waals surface area contributed by atoms with Crippen LogP contribution in [-0.2, 0) is 16.9 Å². The van der Waals surface area contributed by atoms with Crippen LogP contribution >= 0.6 is 11.6 Å². The first-order chi connectivity index (χ1) is 15.1. The molecular weight excluding hydrogens is 452 g/mol. The van der Waals surface area contributed by atoms with Crippen LogP contribution in [-0.4, -0.2) is 42.1 Å². The molecule has 3 rings (SSSR count). The van der Waals surface area contributed by atoms with Gasteiger partial charge < -0.3 is 4.74 Å². The standard InChI is InChI=1S/C23H23ClN2O5S/c1-5-32(29,30)22-14(2)11-17(20(24)15(22)3)21(28)18-12-25-26(4)23(18)31-13-19(27)16-9-7-6-8-10-16/h6-12H,5,13H2,1-4H3. The van der Waals surface area contributed by atoms with Crippen LogP contribution < -0.4 is 4.74 Å². The zero-order chi connectivity index (χ0) is 23.6. The summed E-state index contributed by atoms with van der Waals surface area (Å²) in [5.74, 6) is -0.675. The van der Waals surface area contributed by atoms with E-state index in [0.29, 0.717) is 16.7 Å². The van der Waals surface area contributed by atoms with Gasteiger partial charge in [0.25, 0.3) is 0 Å². The molecule has 0 unspecified atom stereocenters. The van der Waals surface area contributed by atoms with Gasteiger partial charge in [0.2, 0.25) is 11.7 Å². The lowest BCUT2D eigenvalue weighted by atomic mass is 10.0. The molecule has 0 fully saturated rings. The number of aryl methyl sites for hydroxylation is 2. The largest absolute Gasteiger partial charge is 0.469 e. The number of hydrogen-bond donors (Lipinski definition) is 0. The van der Waals surface area contributed by atoms with Gasteiger partial charge in [0.05, 0.1) is 21.9 Å². The Kier molecular flexibility index (Phi) is 6.85. The Labute approximate surface area is 191 Å². The predicted octanol–water partition coefficient (Wildman–Crippen LogP) is 3.98. The Morgan fingerprint density at radius 1 is 1.12 bits per heavy atom. The number of benzene rings is 2. The van der Waals surface area contributed by atoms with Crippen LogP contribution in [0.15, 0.2) is 47.5 Å². The third-order valence-corrected chi connectivity index (χ3v) is 7.62. The van der Waals surface area contributed by atoms with Gasteiger partial charge in [0.15, 0.2) is 22.2 Å². The summed E-state index contributed by atoms with van der Waals surface area (Å²) in [6.07, 6.45) is 1.34. The Hall–Kier alpha value is -2.97. The average Bonchev–Trinajstić information content (AvgIpc) is 3.14. The smallest absolute Gasteiger partial charge is 0.223 e. The summed E-state index contributed by atoms with van der Waals surface area (Å²) in [4.78, 5) is 25.8. The normalized spacial score (nSPS) is 11.4. The van der Waals surface area contributed by atoms with Gasteiger partial charge in [0, 0.05) is 18.2 Å². The van der Waals surface area contributed by atoms with Gasteiger partial charge in [-0.3, -0.25) is 9.59 Å². The lowest BCUT2D eigenvalue weighted by Gasteiger charge is -2.15. The number of sulfone groups is 1. The minimum Gasteiger partial charge on any atom is -0.469 e. The maximum atomic E-state index is 13.3. The summed E-state index contributed by atoms with van der Waals surface area (Å²) in [6, 6.07) is 10.1. The third-order valence-electron chi connectivity index (χ3n) is 5.13. The maximum absolute atomic E-state index is 13.3. The molecule has 0 saturated carbocycles. The molecule has 0 atom stereocenters. The summed E-state index contributed by atoms with van der Waals surface area (Å²) in [7, 11) is -1.92. The molecular formula is C23H23ClN2O5S. The molecule has 0 N–H and O–H groups in total. The second-order valence-electron chi connectivity index (χ2n) is 7.31. The molecule has 3 aromatic rings. The van der Waals surface area contributed by atoms with E-state index in [1.807, 2.05) is 0 Å². The van der Waals surface area contributed by atoms with E-state index in [0.717, 1.165) is 0 Å². The van der Waals surface area contributed by atoms with Crippen LogP contribution in [0.2, 0.25) is 5.02 Å². The van der Waals surface area contributed by atoms with Crippen molar-refractivity contribution in [2.45, 2.75) is 25.7 Å². The number of ketones is 2. The van der Waals surface area contributed by atoms with Crippen molar-refractivity contribution in [3.63, 3.8) is 0 Å². The minimum absolute atomic E-state index is 0.0581. The van der Waals surface area contributed by atoms with Crippen LogP contribution in [0.5, 0.6) is 5.88 Å². The highest BCUT2D eigenvalue weighted by Crippen LogP contribution is 2.33. The van der Waals surface area contributed by atoms with E-state index in [1.165, 1.54) is 16.9 Å². The lowest BCUT2D eigenvalue weighted by Crippen LogP contribution is -2.15. The first-order valence-electron chi connectivity index (χ1n) is 9.88. The second kappa shape index (κ2) is 9.26. The molecule has 7 nitrogen and oxygen atoms in total. The lowest BCUT2D eigenvalue weighted by molar-refractivity contribution is 0.0908. The SMILES string of the molecule is CCS(=O)(=O)c1c(C)cc(C(=O)c2cnn(C)c2OCC(=O)c2ccccc2)c(Cl)c1C. The highest BCUT2D eigenvalue weighted by Gasteiger charge is 2.27. The molecule has 9 heteroatoms. The summed E-state index contributed by atoms with van der Waals surface area (Å²) >= 11 is 6.44.